The van der Waals surface area contributed by atoms with Gasteiger partial charge in [-0.25, -0.2) is 0 Å². The highest BCUT2D eigenvalue weighted by molar-refractivity contribution is 5.80. The van der Waals surface area contributed by atoms with Crippen LogP contribution in [0.1, 0.15) is 46.5 Å². The molecular formula is C13H20O. The molecular weight excluding hydrogens is 172 g/mol. The minimum atomic E-state index is 0.367. The van der Waals surface area contributed by atoms with Gasteiger partial charge in [0, 0.05) is 12.8 Å². The van der Waals surface area contributed by atoms with Crippen LogP contribution in [0.5, 0.6) is 0 Å². The predicted molar refractivity (Wildman–Crippen MR) is 60.2 cm³/mol. The van der Waals surface area contributed by atoms with Crippen molar-refractivity contribution in [2.45, 2.75) is 46.5 Å². The van der Waals surface area contributed by atoms with E-state index in [4.69, 9.17) is 0 Å². The summed E-state index contributed by atoms with van der Waals surface area (Å²) >= 11 is 0. The summed E-state index contributed by atoms with van der Waals surface area (Å²) in [5.41, 5.74) is 2.71. The summed E-state index contributed by atoms with van der Waals surface area (Å²) in [6.45, 7) is 6.39. The van der Waals surface area contributed by atoms with E-state index in [9.17, 15) is 4.79 Å². The summed E-state index contributed by atoms with van der Waals surface area (Å²) in [7, 11) is 0. The molecule has 78 valence electrons. The predicted octanol–water partition coefficient (Wildman–Crippen LogP) is 3.66. The molecule has 0 bridgehead atoms. The molecule has 0 N–H and O–H groups in total. The Kier molecular flexibility index (Phi) is 4.12. The molecule has 0 aromatic heterocycles. The normalized spacial score (nSPS) is 32.8. The van der Waals surface area contributed by atoms with Gasteiger partial charge < -0.3 is 0 Å². The van der Waals surface area contributed by atoms with Gasteiger partial charge in [0.15, 0.2) is 0 Å². The van der Waals surface area contributed by atoms with Gasteiger partial charge in [0.05, 0.1) is 0 Å². The van der Waals surface area contributed by atoms with Gasteiger partial charge in [-0.2, -0.15) is 0 Å². The van der Waals surface area contributed by atoms with E-state index in [0.29, 0.717) is 24.5 Å². The van der Waals surface area contributed by atoms with Crippen LogP contribution in [0.2, 0.25) is 0 Å². The van der Waals surface area contributed by atoms with E-state index >= 15 is 0 Å². The third-order valence-electron chi connectivity index (χ3n) is 2.99. The minimum absolute atomic E-state index is 0.367. The smallest absolute Gasteiger partial charge is 0.137 e. The molecule has 14 heavy (non-hydrogen) atoms. The van der Waals surface area contributed by atoms with E-state index in [0.717, 1.165) is 12.8 Å². The Morgan fingerprint density at radius 2 is 2.00 bits per heavy atom. The van der Waals surface area contributed by atoms with Crippen molar-refractivity contribution in [1.82, 2.24) is 0 Å². The molecule has 0 aromatic carbocycles. The lowest BCUT2D eigenvalue weighted by Gasteiger charge is -2.12. The molecule has 0 amide bonds. The number of carbonyl (C=O) groups excluding carboxylic acids is 1. The number of ketones is 1. The van der Waals surface area contributed by atoms with E-state index in [1.54, 1.807) is 0 Å². The molecule has 0 aromatic rings. The van der Waals surface area contributed by atoms with Crippen LogP contribution in [0.25, 0.3) is 0 Å². The van der Waals surface area contributed by atoms with Crippen LogP contribution in [0, 0.1) is 5.92 Å². The summed E-state index contributed by atoms with van der Waals surface area (Å²) in [4.78, 5) is 11.5. The minimum Gasteiger partial charge on any atom is -0.299 e. The van der Waals surface area contributed by atoms with Crippen LogP contribution < -0.4 is 0 Å². The number of hydrogen-bond acceptors (Lipinski definition) is 1. The first-order valence-electron chi connectivity index (χ1n) is 5.43. The zero-order valence-corrected chi connectivity index (χ0v) is 9.47. The highest BCUT2D eigenvalue weighted by atomic mass is 16.1. The molecule has 0 saturated carbocycles. The molecule has 1 aliphatic rings. The fourth-order valence-corrected chi connectivity index (χ4v) is 1.70. The van der Waals surface area contributed by atoms with Crippen LogP contribution in [-0.2, 0) is 4.79 Å². The lowest BCUT2D eigenvalue weighted by atomic mass is 9.92. The Bertz CT molecular complexity index is 271. The van der Waals surface area contributed by atoms with Gasteiger partial charge in [-0.15, -0.1) is 0 Å². The van der Waals surface area contributed by atoms with Crippen LogP contribution in [0.4, 0.5) is 0 Å². The van der Waals surface area contributed by atoms with E-state index in [1.165, 1.54) is 11.1 Å². The van der Waals surface area contributed by atoms with Gasteiger partial charge in [-0.1, -0.05) is 30.2 Å². The highest BCUT2D eigenvalue weighted by Crippen LogP contribution is 2.19. The Morgan fingerprint density at radius 3 is 2.71 bits per heavy atom. The first kappa shape index (κ1) is 11.2. The number of carbonyl (C=O) groups is 1. The third kappa shape index (κ3) is 3.49. The van der Waals surface area contributed by atoms with Crippen LogP contribution >= 0.6 is 0 Å². The lowest BCUT2D eigenvalue weighted by molar-refractivity contribution is -0.118. The van der Waals surface area contributed by atoms with Gasteiger partial charge in [-0.05, 0) is 32.6 Å². The van der Waals surface area contributed by atoms with Gasteiger partial charge in [0.25, 0.3) is 0 Å². The van der Waals surface area contributed by atoms with Gasteiger partial charge in [0.2, 0.25) is 0 Å². The fourth-order valence-electron chi connectivity index (χ4n) is 1.70. The number of Topliss-reactive ketones (excluding diaryl/α,β-unsaturated/α-hetero) is 1. The second-order valence-electron chi connectivity index (χ2n) is 4.39. The number of hydrogen-bond donors (Lipinski definition) is 0. The average Bonchev–Trinajstić information content (AvgIpc) is 2.13. The average molecular weight is 192 g/mol. The molecule has 1 nitrogen and oxygen atoms in total. The van der Waals surface area contributed by atoms with Crippen molar-refractivity contribution in [2.24, 2.45) is 5.92 Å². The molecule has 0 unspecified atom stereocenters. The quantitative estimate of drug-likeness (QED) is 0.535. The molecule has 1 atom stereocenters. The maximum atomic E-state index is 11.5. The molecule has 0 saturated heterocycles. The molecule has 0 radical (unpaired) electrons. The Labute approximate surface area is 86.9 Å². The maximum Gasteiger partial charge on any atom is 0.137 e. The van der Waals surface area contributed by atoms with Crippen molar-refractivity contribution in [3.63, 3.8) is 0 Å². The number of allylic oxidation sites excluding steroid dienone is 4. The summed E-state index contributed by atoms with van der Waals surface area (Å²) in [5.74, 6) is 0.792. The summed E-state index contributed by atoms with van der Waals surface area (Å²) in [6, 6.07) is 0. The SMILES string of the molecule is C/C1=C\CC(=O)C[C@@H](C)/C(C)=C/CC1. The van der Waals surface area contributed by atoms with E-state index < -0.39 is 0 Å². The third-order valence-corrected chi connectivity index (χ3v) is 2.99. The van der Waals surface area contributed by atoms with E-state index in [1.807, 2.05) is 0 Å². The highest BCUT2D eigenvalue weighted by Gasteiger charge is 2.10. The molecule has 0 heterocycles. The molecule has 0 aliphatic heterocycles. The van der Waals surface area contributed by atoms with Gasteiger partial charge in [-0.3, -0.25) is 4.79 Å². The Hall–Kier alpha value is -0.850. The van der Waals surface area contributed by atoms with Crippen molar-refractivity contribution in [3.05, 3.63) is 23.3 Å². The van der Waals surface area contributed by atoms with Crippen LogP contribution in [0.3, 0.4) is 0 Å². The first-order chi connectivity index (χ1) is 6.59. The molecule has 1 heteroatoms. The van der Waals surface area contributed by atoms with Crippen molar-refractivity contribution in [1.29, 1.82) is 0 Å². The second kappa shape index (κ2) is 5.14. The monoisotopic (exact) mass is 192 g/mol. The van der Waals surface area contributed by atoms with Gasteiger partial charge >= 0.3 is 0 Å². The molecule has 0 fully saturated rings. The Morgan fingerprint density at radius 1 is 1.29 bits per heavy atom. The van der Waals surface area contributed by atoms with Crippen molar-refractivity contribution in [3.8, 4) is 0 Å². The standard InChI is InChI=1S/C13H20O/c1-10-5-4-6-11(2)12(3)9-13(14)8-7-10/h6-7,12H,4-5,8-9H2,1-3H3/b10-7+,11-6+/t12-/m1/s1. The van der Waals surface area contributed by atoms with Crippen LogP contribution in [0.15, 0.2) is 23.3 Å². The largest absolute Gasteiger partial charge is 0.299 e. The summed E-state index contributed by atoms with van der Waals surface area (Å²) < 4.78 is 0. The van der Waals surface area contributed by atoms with Crippen molar-refractivity contribution < 1.29 is 4.79 Å². The Balaban J connectivity index is 2.72. The lowest BCUT2D eigenvalue weighted by Crippen LogP contribution is -2.06. The van der Waals surface area contributed by atoms with Gasteiger partial charge in [0.1, 0.15) is 5.78 Å². The zero-order valence-electron chi connectivity index (χ0n) is 9.47. The van der Waals surface area contributed by atoms with E-state index in [-0.39, 0.29) is 0 Å². The second-order valence-corrected chi connectivity index (χ2v) is 4.39. The van der Waals surface area contributed by atoms with E-state index in [2.05, 4.69) is 32.9 Å². The summed E-state index contributed by atoms with van der Waals surface area (Å²) in [5, 5.41) is 0. The van der Waals surface area contributed by atoms with Crippen molar-refractivity contribution >= 4 is 5.78 Å². The molecule has 1 aliphatic carbocycles. The fraction of sp³-hybridized carbons (Fsp3) is 0.615. The molecule has 1 rings (SSSR count). The number of rotatable bonds is 0. The zero-order chi connectivity index (χ0) is 10.6. The molecule has 0 spiro atoms. The maximum absolute atomic E-state index is 11.5. The van der Waals surface area contributed by atoms with Crippen LogP contribution in [-0.4, -0.2) is 5.78 Å². The first-order valence-corrected chi connectivity index (χ1v) is 5.43. The topological polar surface area (TPSA) is 17.1 Å². The summed E-state index contributed by atoms with van der Waals surface area (Å²) in [6.07, 6.45) is 7.91. The van der Waals surface area contributed by atoms with Crippen molar-refractivity contribution in [2.75, 3.05) is 0 Å².